The van der Waals surface area contributed by atoms with Gasteiger partial charge in [-0.3, -0.25) is 4.79 Å². The zero-order valence-electron chi connectivity index (χ0n) is 10.3. The molecular weight excluding hydrogens is 188 g/mol. The van der Waals surface area contributed by atoms with Crippen molar-refractivity contribution in [3.8, 4) is 0 Å². The molecule has 1 saturated carbocycles. The molecule has 15 heavy (non-hydrogen) atoms. The highest BCUT2D eigenvalue weighted by molar-refractivity contribution is 5.86. The topological polar surface area (TPSA) is 46.3 Å². The number of carbonyl (C=O) groups is 1. The molecule has 1 unspecified atom stereocenters. The lowest BCUT2D eigenvalue weighted by Crippen LogP contribution is -2.55. The smallest absolute Gasteiger partial charge is 0.242 e. The second-order valence-corrected chi connectivity index (χ2v) is 4.85. The van der Waals surface area contributed by atoms with Gasteiger partial charge in [-0.05, 0) is 38.5 Å². The van der Waals surface area contributed by atoms with Gasteiger partial charge in [0, 0.05) is 13.1 Å². The lowest BCUT2D eigenvalue weighted by Gasteiger charge is -2.31. The Morgan fingerprint density at radius 3 is 2.13 bits per heavy atom. The summed E-state index contributed by atoms with van der Waals surface area (Å²) in [5.74, 6) is 0.565. The summed E-state index contributed by atoms with van der Waals surface area (Å²) < 4.78 is 0. The Kier molecular flexibility index (Phi) is 4.14. The highest BCUT2D eigenvalue weighted by Gasteiger charge is 2.45. The molecule has 1 amide bonds. The molecule has 88 valence electrons. The number of nitrogens with two attached hydrogens (primary N) is 1. The number of hydrogen-bond acceptors (Lipinski definition) is 2. The van der Waals surface area contributed by atoms with Crippen molar-refractivity contribution in [3.63, 3.8) is 0 Å². The summed E-state index contributed by atoms with van der Waals surface area (Å²) in [6.07, 6.45) is 4.24. The SMILES string of the molecule is CCCN(CCC)C(=O)C(C)(N)C1CC1. The van der Waals surface area contributed by atoms with Gasteiger partial charge in [0.25, 0.3) is 0 Å². The van der Waals surface area contributed by atoms with E-state index in [1.807, 2.05) is 11.8 Å². The Bertz CT molecular complexity index is 216. The first-order valence-electron chi connectivity index (χ1n) is 6.12. The summed E-state index contributed by atoms with van der Waals surface area (Å²) in [6.45, 7) is 7.77. The fourth-order valence-electron chi connectivity index (χ4n) is 2.05. The molecule has 3 heteroatoms. The number of rotatable bonds is 6. The minimum atomic E-state index is -0.621. The van der Waals surface area contributed by atoms with E-state index in [4.69, 9.17) is 5.73 Å². The van der Waals surface area contributed by atoms with Crippen molar-refractivity contribution in [2.24, 2.45) is 11.7 Å². The van der Waals surface area contributed by atoms with Crippen molar-refractivity contribution in [2.45, 2.75) is 52.0 Å². The number of amides is 1. The van der Waals surface area contributed by atoms with Crippen LogP contribution in [0.25, 0.3) is 0 Å². The third kappa shape index (κ3) is 2.94. The van der Waals surface area contributed by atoms with Crippen LogP contribution in [0.4, 0.5) is 0 Å². The second-order valence-electron chi connectivity index (χ2n) is 4.85. The van der Waals surface area contributed by atoms with Crippen LogP contribution in [0.15, 0.2) is 0 Å². The molecule has 2 N–H and O–H groups in total. The van der Waals surface area contributed by atoms with Crippen LogP contribution in [0.1, 0.15) is 46.5 Å². The van der Waals surface area contributed by atoms with E-state index in [1.165, 1.54) is 0 Å². The summed E-state index contributed by atoms with van der Waals surface area (Å²) in [5, 5.41) is 0. The highest BCUT2D eigenvalue weighted by atomic mass is 16.2. The van der Waals surface area contributed by atoms with Crippen LogP contribution in [0, 0.1) is 5.92 Å². The Morgan fingerprint density at radius 1 is 1.33 bits per heavy atom. The first-order chi connectivity index (χ1) is 7.04. The molecule has 0 aromatic carbocycles. The molecule has 1 atom stereocenters. The second kappa shape index (κ2) is 4.97. The minimum Gasteiger partial charge on any atom is -0.341 e. The maximum absolute atomic E-state index is 12.2. The van der Waals surface area contributed by atoms with Gasteiger partial charge in [0.15, 0.2) is 0 Å². The summed E-state index contributed by atoms with van der Waals surface area (Å²) >= 11 is 0. The Balaban J connectivity index is 2.60. The van der Waals surface area contributed by atoms with E-state index in [9.17, 15) is 4.79 Å². The molecule has 1 rings (SSSR count). The Hall–Kier alpha value is -0.570. The van der Waals surface area contributed by atoms with Crippen molar-refractivity contribution in [2.75, 3.05) is 13.1 Å². The fraction of sp³-hybridized carbons (Fsp3) is 0.917. The van der Waals surface area contributed by atoms with Gasteiger partial charge in [-0.1, -0.05) is 13.8 Å². The van der Waals surface area contributed by atoms with Crippen molar-refractivity contribution in [1.29, 1.82) is 0 Å². The lowest BCUT2D eigenvalue weighted by atomic mass is 9.95. The molecule has 0 heterocycles. The maximum Gasteiger partial charge on any atom is 0.242 e. The molecule has 0 aromatic heterocycles. The average molecular weight is 212 g/mol. The maximum atomic E-state index is 12.2. The van der Waals surface area contributed by atoms with Crippen LogP contribution < -0.4 is 5.73 Å². The summed E-state index contributed by atoms with van der Waals surface area (Å²) in [4.78, 5) is 14.2. The van der Waals surface area contributed by atoms with Crippen molar-refractivity contribution in [3.05, 3.63) is 0 Å². The van der Waals surface area contributed by atoms with E-state index in [0.29, 0.717) is 5.92 Å². The van der Waals surface area contributed by atoms with E-state index in [2.05, 4.69) is 13.8 Å². The van der Waals surface area contributed by atoms with Gasteiger partial charge in [-0.25, -0.2) is 0 Å². The minimum absolute atomic E-state index is 0.147. The molecule has 3 nitrogen and oxygen atoms in total. The molecule has 0 radical (unpaired) electrons. The molecule has 0 aromatic rings. The van der Waals surface area contributed by atoms with E-state index in [0.717, 1.165) is 38.8 Å². The predicted octanol–water partition coefficient (Wildman–Crippen LogP) is 1.76. The summed E-state index contributed by atoms with van der Waals surface area (Å²) in [5.41, 5.74) is 5.52. The fourth-order valence-corrected chi connectivity index (χ4v) is 2.05. The van der Waals surface area contributed by atoms with Gasteiger partial charge >= 0.3 is 0 Å². The largest absolute Gasteiger partial charge is 0.341 e. The monoisotopic (exact) mass is 212 g/mol. The van der Waals surface area contributed by atoms with Crippen LogP contribution in [-0.2, 0) is 4.79 Å². The van der Waals surface area contributed by atoms with Crippen LogP contribution in [0.5, 0.6) is 0 Å². The third-order valence-corrected chi connectivity index (χ3v) is 3.16. The van der Waals surface area contributed by atoms with E-state index in [1.54, 1.807) is 0 Å². The van der Waals surface area contributed by atoms with Crippen LogP contribution in [-0.4, -0.2) is 29.4 Å². The molecule has 1 aliphatic carbocycles. The highest BCUT2D eigenvalue weighted by Crippen LogP contribution is 2.38. The first-order valence-corrected chi connectivity index (χ1v) is 6.12. The number of carbonyl (C=O) groups excluding carboxylic acids is 1. The normalized spacial score (nSPS) is 19.7. The Labute approximate surface area is 93.0 Å². The molecular formula is C12H24N2O. The van der Waals surface area contributed by atoms with Crippen LogP contribution >= 0.6 is 0 Å². The van der Waals surface area contributed by atoms with Gasteiger partial charge in [-0.15, -0.1) is 0 Å². The molecule has 1 aliphatic rings. The van der Waals surface area contributed by atoms with Gasteiger partial charge in [0.05, 0.1) is 5.54 Å². The van der Waals surface area contributed by atoms with Crippen LogP contribution in [0.2, 0.25) is 0 Å². The summed E-state index contributed by atoms with van der Waals surface area (Å²) in [6, 6.07) is 0. The van der Waals surface area contributed by atoms with Crippen molar-refractivity contribution >= 4 is 5.91 Å². The van der Waals surface area contributed by atoms with Gasteiger partial charge in [-0.2, -0.15) is 0 Å². The van der Waals surface area contributed by atoms with Gasteiger partial charge in [0.1, 0.15) is 0 Å². The van der Waals surface area contributed by atoms with Crippen molar-refractivity contribution in [1.82, 2.24) is 4.90 Å². The lowest BCUT2D eigenvalue weighted by molar-refractivity contribution is -0.137. The third-order valence-electron chi connectivity index (χ3n) is 3.16. The summed E-state index contributed by atoms with van der Waals surface area (Å²) in [7, 11) is 0. The predicted molar refractivity (Wildman–Crippen MR) is 62.5 cm³/mol. The molecule has 0 aliphatic heterocycles. The van der Waals surface area contributed by atoms with Crippen LogP contribution in [0.3, 0.4) is 0 Å². The van der Waals surface area contributed by atoms with Crippen molar-refractivity contribution < 1.29 is 4.79 Å². The average Bonchev–Trinajstić information content (AvgIpc) is 2.99. The zero-order chi connectivity index (χ0) is 11.5. The van der Waals surface area contributed by atoms with Gasteiger partial charge < -0.3 is 10.6 Å². The van der Waals surface area contributed by atoms with E-state index in [-0.39, 0.29) is 5.91 Å². The standard InChI is InChI=1S/C12H24N2O/c1-4-8-14(9-5-2)11(15)12(3,13)10-6-7-10/h10H,4-9,13H2,1-3H3. The van der Waals surface area contributed by atoms with Gasteiger partial charge in [0.2, 0.25) is 5.91 Å². The van der Waals surface area contributed by atoms with E-state index < -0.39 is 5.54 Å². The number of hydrogen-bond donors (Lipinski definition) is 1. The molecule has 1 fully saturated rings. The van der Waals surface area contributed by atoms with E-state index >= 15 is 0 Å². The number of nitrogens with zero attached hydrogens (tertiary/aromatic N) is 1. The quantitative estimate of drug-likeness (QED) is 0.729. The Morgan fingerprint density at radius 2 is 1.80 bits per heavy atom. The molecule has 0 spiro atoms. The molecule has 0 saturated heterocycles. The first kappa shape index (κ1) is 12.5. The zero-order valence-corrected chi connectivity index (χ0v) is 10.3. The molecule has 0 bridgehead atoms.